The summed E-state index contributed by atoms with van der Waals surface area (Å²) in [5, 5.41) is 13.6. The van der Waals surface area contributed by atoms with E-state index in [-0.39, 0.29) is 17.1 Å². The van der Waals surface area contributed by atoms with Crippen molar-refractivity contribution in [2.75, 3.05) is 12.4 Å². The zero-order valence-corrected chi connectivity index (χ0v) is 16.0. The van der Waals surface area contributed by atoms with Gasteiger partial charge in [0, 0.05) is 0 Å². The average Bonchev–Trinajstić information content (AvgIpc) is 3.03. The number of fused-ring (bicyclic) bond motifs is 1. The smallest absolute Gasteiger partial charge is 0.420 e. The van der Waals surface area contributed by atoms with E-state index in [4.69, 9.17) is 13.9 Å². The van der Waals surface area contributed by atoms with E-state index in [1.807, 2.05) is 0 Å². The molecule has 3 rings (SSSR count). The maximum atomic E-state index is 12.3. The number of ether oxygens (including phenoxy) is 2. The van der Waals surface area contributed by atoms with E-state index >= 15 is 0 Å². The standard InChI is InChI=1S/C19H17N3O8/c1-11(18(24)20-13-8-7-12(28-2)9-15(13)22(26)27)29-17(23)10-21-14-5-3-4-6-16(14)30-19(21)25/h3-9,11H,10H2,1-2H3,(H,20,24). The molecule has 0 saturated heterocycles. The molecule has 156 valence electrons. The molecular weight excluding hydrogens is 398 g/mol. The highest BCUT2D eigenvalue weighted by Crippen LogP contribution is 2.29. The number of oxazole rings is 1. The predicted octanol–water partition coefficient (Wildman–Crippen LogP) is 2.08. The zero-order chi connectivity index (χ0) is 21.8. The number of nitro groups is 1. The lowest BCUT2D eigenvalue weighted by molar-refractivity contribution is -0.384. The van der Waals surface area contributed by atoms with Crippen LogP contribution in [-0.2, 0) is 20.9 Å². The molecule has 0 aliphatic carbocycles. The lowest BCUT2D eigenvalue weighted by atomic mass is 10.2. The molecule has 0 fully saturated rings. The van der Waals surface area contributed by atoms with Crippen molar-refractivity contribution in [3.05, 3.63) is 63.1 Å². The lowest BCUT2D eigenvalue weighted by Gasteiger charge is -2.14. The molecule has 1 amide bonds. The van der Waals surface area contributed by atoms with Gasteiger partial charge in [0.2, 0.25) is 0 Å². The Balaban J connectivity index is 1.68. The van der Waals surface area contributed by atoms with Gasteiger partial charge in [0.05, 0.1) is 23.6 Å². The van der Waals surface area contributed by atoms with Gasteiger partial charge in [0.15, 0.2) is 11.7 Å². The first kappa shape index (κ1) is 20.6. The van der Waals surface area contributed by atoms with Gasteiger partial charge < -0.3 is 19.2 Å². The minimum atomic E-state index is -1.27. The zero-order valence-electron chi connectivity index (χ0n) is 16.0. The van der Waals surface area contributed by atoms with E-state index in [0.717, 1.165) is 10.6 Å². The second kappa shape index (κ2) is 8.47. The van der Waals surface area contributed by atoms with E-state index in [0.29, 0.717) is 11.1 Å². The lowest BCUT2D eigenvalue weighted by Crippen LogP contribution is -2.32. The van der Waals surface area contributed by atoms with Crippen LogP contribution in [0.4, 0.5) is 11.4 Å². The van der Waals surface area contributed by atoms with Crippen LogP contribution >= 0.6 is 0 Å². The van der Waals surface area contributed by atoms with Crippen molar-refractivity contribution in [2.24, 2.45) is 0 Å². The van der Waals surface area contributed by atoms with Crippen molar-refractivity contribution >= 4 is 34.4 Å². The Morgan fingerprint density at radius 1 is 1.27 bits per heavy atom. The van der Waals surface area contributed by atoms with Crippen LogP contribution in [0.15, 0.2) is 51.7 Å². The third kappa shape index (κ3) is 4.29. The number of nitrogens with one attached hydrogen (secondary N) is 1. The molecule has 3 aromatic rings. The molecule has 1 unspecified atom stereocenters. The summed E-state index contributed by atoms with van der Waals surface area (Å²) < 4.78 is 16.1. The molecule has 0 aliphatic heterocycles. The first-order valence-corrected chi connectivity index (χ1v) is 8.71. The number of methoxy groups -OCH3 is 1. The van der Waals surface area contributed by atoms with Crippen molar-refractivity contribution < 1.29 is 28.4 Å². The van der Waals surface area contributed by atoms with Gasteiger partial charge in [0.1, 0.15) is 18.0 Å². The maximum absolute atomic E-state index is 12.3. The van der Waals surface area contributed by atoms with E-state index in [1.165, 1.54) is 26.2 Å². The van der Waals surface area contributed by atoms with Gasteiger partial charge in [0.25, 0.3) is 11.6 Å². The molecule has 0 bridgehead atoms. The van der Waals surface area contributed by atoms with Crippen LogP contribution in [0.25, 0.3) is 11.1 Å². The van der Waals surface area contributed by atoms with Crippen LogP contribution in [-0.4, -0.2) is 34.6 Å². The summed E-state index contributed by atoms with van der Waals surface area (Å²) >= 11 is 0. The number of hydrogen-bond acceptors (Lipinski definition) is 8. The predicted molar refractivity (Wildman–Crippen MR) is 104 cm³/mol. The van der Waals surface area contributed by atoms with Crippen LogP contribution in [0.2, 0.25) is 0 Å². The number of amides is 1. The molecule has 1 heterocycles. The molecule has 0 saturated carbocycles. The van der Waals surface area contributed by atoms with Crippen LogP contribution in [0.1, 0.15) is 6.92 Å². The molecule has 30 heavy (non-hydrogen) atoms. The van der Waals surface area contributed by atoms with E-state index in [2.05, 4.69) is 5.32 Å². The molecule has 0 radical (unpaired) electrons. The highest BCUT2D eigenvalue weighted by Gasteiger charge is 2.23. The Morgan fingerprint density at radius 2 is 2.00 bits per heavy atom. The third-order valence-corrected chi connectivity index (χ3v) is 4.20. The number of carbonyl (C=O) groups is 2. The summed E-state index contributed by atoms with van der Waals surface area (Å²) in [5.74, 6) is -2.12. The normalized spacial score (nSPS) is 11.7. The summed E-state index contributed by atoms with van der Waals surface area (Å²) in [7, 11) is 1.35. The minimum Gasteiger partial charge on any atom is -0.496 e. The summed E-state index contributed by atoms with van der Waals surface area (Å²) in [4.78, 5) is 47.0. The number of carbonyl (C=O) groups excluding carboxylic acids is 2. The molecule has 1 aromatic heterocycles. The molecule has 0 aliphatic rings. The highest BCUT2D eigenvalue weighted by molar-refractivity contribution is 5.97. The van der Waals surface area contributed by atoms with Gasteiger partial charge in [-0.25, -0.2) is 4.79 Å². The van der Waals surface area contributed by atoms with Gasteiger partial charge in [-0.15, -0.1) is 0 Å². The number of nitro benzene ring substituents is 1. The van der Waals surface area contributed by atoms with Gasteiger partial charge in [-0.05, 0) is 31.2 Å². The fourth-order valence-electron chi connectivity index (χ4n) is 2.71. The monoisotopic (exact) mass is 415 g/mol. The number of hydrogen-bond donors (Lipinski definition) is 1. The fraction of sp³-hybridized carbons (Fsp3) is 0.211. The highest BCUT2D eigenvalue weighted by atomic mass is 16.6. The quantitative estimate of drug-likeness (QED) is 0.351. The number of nitrogens with zero attached hydrogens (tertiary/aromatic N) is 2. The Morgan fingerprint density at radius 3 is 2.70 bits per heavy atom. The van der Waals surface area contributed by atoms with Gasteiger partial charge in [-0.1, -0.05) is 12.1 Å². The first-order chi connectivity index (χ1) is 14.3. The number of rotatable bonds is 7. The molecule has 0 spiro atoms. The minimum absolute atomic E-state index is 0.0780. The van der Waals surface area contributed by atoms with Crippen molar-refractivity contribution in [1.29, 1.82) is 0 Å². The van der Waals surface area contributed by atoms with Crippen LogP contribution in [0.5, 0.6) is 5.75 Å². The summed E-state index contributed by atoms with van der Waals surface area (Å²) in [6, 6.07) is 10.4. The summed E-state index contributed by atoms with van der Waals surface area (Å²) in [6.45, 7) is 0.842. The van der Waals surface area contributed by atoms with Gasteiger partial charge in [-0.3, -0.25) is 24.3 Å². The molecule has 1 atom stereocenters. The molecule has 11 heteroatoms. The second-order valence-electron chi connectivity index (χ2n) is 6.18. The van der Waals surface area contributed by atoms with E-state index < -0.39 is 35.2 Å². The van der Waals surface area contributed by atoms with Gasteiger partial charge in [-0.2, -0.15) is 0 Å². The third-order valence-electron chi connectivity index (χ3n) is 4.20. The average molecular weight is 415 g/mol. The van der Waals surface area contributed by atoms with Crippen molar-refractivity contribution in [3.8, 4) is 5.75 Å². The first-order valence-electron chi connectivity index (χ1n) is 8.71. The summed E-state index contributed by atoms with van der Waals surface area (Å²) in [5.41, 5.74) is 0.265. The Kier molecular flexibility index (Phi) is 5.81. The number of anilines is 1. The van der Waals surface area contributed by atoms with Gasteiger partial charge >= 0.3 is 11.7 Å². The Bertz CT molecular complexity index is 1180. The topological polar surface area (TPSA) is 143 Å². The Labute approximate surface area is 168 Å². The SMILES string of the molecule is COc1ccc(NC(=O)C(C)OC(=O)Cn2c(=O)oc3ccccc32)c([N+](=O)[O-])c1. The number of benzene rings is 2. The Hall–Kier alpha value is -4.15. The van der Waals surface area contributed by atoms with Crippen LogP contribution in [0, 0.1) is 10.1 Å². The van der Waals surface area contributed by atoms with Crippen molar-refractivity contribution in [3.63, 3.8) is 0 Å². The number of aromatic nitrogens is 1. The van der Waals surface area contributed by atoms with E-state index in [1.54, 1.807) is 24.3 Å². The molecule has 11 nitrogen and oxygen atoms in total. The van der Waals surface area contributed by atoms with E-state index in [9.17, 15) is 24.5 Å². The molecule has 1 N–H and O–H groups in total. The van der Waals surface area contributed by atoms with Crippen LogP contribution in [0.3, 0.4) is 0 Å². The summed E-state index contributed by atoms with van der Waals surface area (Å²) in [6.07, 6.45) is -1.27. The van der Waals surface area contributed by atoms with Crippen molar-refractivity contribution in [2.45, 2.75) is 19.6 Å². The maximum Gasteiger partial charge on any atom is 0.420 e. The number of esters is 1. The van der Waals surface area contributed by atoms with Crippen molar-refractivity contribution in [1.82, 2.24) is 4.57 Å². The largest absolute Gasteiger partial charge is 0.496 e. The molecular formula is C19H17N3O8. The molecule has 2 aromatic carbocycles. The number of para-hydroxylation sites is 2. The fourth-order valence-corrected chi connectivity index (χ4v) is 2.71. The second-order valence-corrected chi connectivity index (χ2v) is 6.18. The van der Waals surface area contributed by atoms with Crippen LogP contribution < -0.4 is 15.8 Å².